The number of nitro groups is 1. The average Bonchev–Trinajstić information content (AvgIpc) is 2.00. The minimum absolute atomic E-state index is 0.163. The van der Waals surface area contributed by atoms with Gasteiger partial charge in [-0.15, -0.1) is 0 Å². The molecule has 15 heavy (non-hydrogen) atoms. The van der Waals surface area contributed by atoms with Gasteiger partial charge in [-0.25, -0.2) is 13.6 Å². The molecule has 1 aromatic rings. The van der Waals surface area contributed by atoms with Crippen LogP contribution in [0.15, 0.2) is 26.0 Å². The molecule has 9 heteroatoms. The molecule has 6 nitrogen and oxygen atoms in total. The van der Waals surface area contributed by atoms with Crippen LogP contribution in [-0.2, 0) is 10.0 Å². The zero-order valence-corrected chi connectivity index (χ0v) is 11.0. The molecule has 0 saturated carbocycles. The Bertz CT molecular complexity index is 528. The molecule has 0 aliphatic rings. The van der Waals surface area contributed by atoms with Gasteiger partial charge in [0.1, 0.15) is 9.37 Å². The maximum absolute atomic E-state index is 11.1. The van der Waals surface area contributed by atoms with Crippen LogP contribution in [0.25, 0.3) is 0 Å². The Kier molecular flexibility index (Phi) is 3.48. The van der Waals surface area contributed by atoms with Gasteiger partial charge in [-0.05, 0) is 37.9 Å². The van der Waals surface area contributed by atoms with E-state index in [1.807, 2.05) is 0 Å². The Hall–Kier alpha value is -0.510. The van der Waals surface area contributed by atoms with Gasteiger partial charge in [0, 0.05) is 10.5 Å². The first-order valence-corrected chi connectivity index (χ1v) is 6.53. The highest BCUT2D eigenvalue weighted by molar-refractivity contribution is 9.11. The van der Waals surface area contributed by atoms with Crippen LogP contribution in [-0.4, -0.2) is 13.3 Å². The lowest BCUT2D eigenvalue weighted by atomic mass is 10.3. The van der Waals surface area contributed by atoms with Crippen molar-refractivity contribution in [1.29, 1.82) is 0 Å². The normalized spacial score (nSPS) is 11.4. The van der Waals surface area contributed by atoms with Gasteiger partial charge in [0.15, 0.2) is 0 Å². The monoisotopic (exact) mass is 358 g/mol. The lowest BCUT2D eigenvalue weighted by Gasteiger charge is -2.04. The fraction of sp³-hybridized carbons (Fsp3) is 0. The molecule has 0 aliphatic heterocycles. The molecular weight excluding hydrogens is 356 g/mol. The molecular formula is C6H4Br2N2O4S. The van der Waals surface area contributed by atoms with Gasteiger partial charge in [-0.3, -0.25) is 10.1 Å². The van der Waals surface area contributed by atoms with E-state index in [1.54, 1.807) is 0 Å². The number of nitro benzene ring substituents is 1. The Morgan fingerprint density at radius 3 is 2.27 bits per heavy atom. The van der Waals surface area contributed by atoms with Crippen LogP contribution in [0, 0.1) is 10.1 Å². The van der Waals surface area contributed by atoms with Gasteiger partial charge in [-0.1, -0.05) is 0 Å². The number of benzene rings is 1. The predicted molar refractivity (Wildman–Crippen MR) is 59.9 cm³/mol. The van der Waals surface area contributed by atoms with Crippen molar-refractivity contribution in [2.24, 2.45) is 5.14 Å². The van der Waals surface area contributed by atoms with E-state index >= 15 is 0 Å². The summed E-state index contributed by atoms with van der Waals surface area (Å²) in [4.78, 5) is 9.50. The Labute approximate surface area is 102 Å². The van der Waals surface area contributed by atoms with Crippen LogP contribution in [0.5, 0.6) is 0 Å². The molecule has 0 heterocycles. The second kappa shape index (κ2) is 4.16. The van der Waals surface area contributed by atoms with Gasteiger partial charge < -0.3 is 0 Å². The molecule has 0 atom stereocenters. The lowest BCUT2D eigenvalue weighted by Crippen LogP contribution is -2.14. The van der Waals surface area contributed by atoms with Crippen molar-refractivity contribution < 1.29 is 13.3 Å². The molecule has 0 spiro atoms. The van der Waals surface area contributed by atoms with Crippen LogP contribution in [0.2, 0.25) is 0 Å². The molecule has 2 N–H and O–H groups in total. The highest BCUT2D eigenvalue weighted by atomic mass is 79.9. The molecule has 82 valence electrons. The summed E-state index contributed by atoms with van der Waals surface area (Å²) in [6.45, 7) is 0. The number of nitrogens with two attached hydrogens (primary N) is 1. The molecule has 0 aliphatic carbocycles. The van der Waals surface area contributed by atoms with E-state index in [2.05, 4.69) is 31.9 Å². The first-order chi connectivity index (χ1) is 6.75. The van der Waals surface area contributed by atoms with Crippen LogP contribution in [0.3, 0.4) is 0 Å². The van der Waals surface area contributed by atoms with Gasteiger partial charge in [0.2, 0.25) is 10.0 Å². The summed E-state index contributed by atoms with van der Waals surface area (Å²) in [5.41, 5.74) is -0.359. The maximum atomic E-state index is 11.1. The quantitative estimate of drug-likeness (QED) is 0.641. The van der Waals surface area contributed by atoms with Gasteiger partial charge >= 0.3 is 0 Å². The van der Waals surface area contributed by atoms with Crippen molar-refractivity contribution in [3.63, 3.8) is 0 Å². The molecule has 1 aromatic carbocycles. The van der Waals surface area contributed by atoms with Crippen molar-refractivity contribution in [1.82, 2.24) is 0 Å². The summed E-state index contributed by atoms with van der Waals surface area (Å²) in [5, 5.41) is 15.5. The summed E-state index contributed by atoms with van der Waals surface area (Å²) in [6.07, 6.45) is 0. The molecule has 0 aromatic heterocycles. The summed E-state index contributed by atoms with van der Waals surface area (Å²) in [7, 11) is -4.02. The second-order valence-corrected chi connectivity index (χ2v) is 5.66. The van der Waals surface area contributed by atoms with Crippen molar-refractivity contribution in [3.8, 4) is 0 Å². The lowest BCUT2D eigenvalue weighted by molar-refractivity contribution is -0.385. The molecule has 0 radical (unpaired) electrons. The third kappa shape index (κ3) is 2.54. The zero-order chi connectivity index (χ0) is 11.8. The Morgan fingerprint density at radius 1 is 1.33 bits per heavy atom. The van der Waals surface area contributed by atoms with Crippen LogP contribution < -0.4 is 5.14 Å². The summed E-state index contributed by atoms with van der Waals surface area (Å²) in [6, 6.07) is 2.42. The minimum Gasteiger partial charge on any atom is -0.258 e. The highest BCUT2D eigenvalue weighted by Crippen LogP contribution is 2.35. The topological polar surface area (TPSA) is 103 Å². The maximum Gasteiger partial charge on any atom is 0.284 e. The number of rotatable bonds is 2. The van der Waals surface area contributed by atoms with E-state index in [9.17, 15) is 18.5 Å². The van der Waals surface area contributed by atoms with E-state index in [1.165, 1.54) is 12.1 Å². The molecule has 0 bridgehead atoms. The first-order valence-electron chi connectivity index (χ1n) is 3.40. The van der Waals surface area contributed by atoms with Crippen LogP contribution in [0.4, 0.5) is 5.69 Å². The first kappa shape index (κ1) is 12.6. The summed E-state index contributed by atoms with van der Waals surface area (Å²) >= 11 is 5.79. The predicted octanol–water partition coefficient (Wildman–Crippen LogP) is 1.77. The molecule has 1 rings (SSSR count). The standard InChI is InChI=1S/C6H4Br2N2O4S/c7-3-1-2-4(10(11)12)5(8)6(3)15(9,13)14/h1-2H,(H2,9,13,14). The average molecular weight is 360 g/mol. The third-order valence-electron chi connectivity index (χ3n) is 1.51. The summed E-state index contributed by atoms with van der Waals surface area (Å²) < 4.78 is 22.3. The van der Waals surface area contributed by atoms with E-state index in [-0.39, 0.29) is 19.5 Å². The van der Waals surface area contributed by atoms with E-state index < -0.39 is 14.9 Å². The van der Waals surface area contributed by atoms with E-state index in [0.29, 0.717) is 0 Å². The van der Waals surface area contributed by atoms with Crippen molar-refractivity contribution in [2.75, 3.05) is 0 Å². The minimum atomic E-state index is -4.02. The fourth-order valence-corrected chi connectivity index (χ4v) is 4.06. The number of primary sulfonamides is 1. The van der Waals surface area contributed by atoms with Crippen LogP contribution >= 0.6 is 31.9 Å². The fourth-order valence-electron chi connectivity index (χ4n) is 0.924. The highest BCUT2D eigenvalue weighted by Gasteiger charge is 2.24. The van der Waals surface area contributed by atoms with Gasteiger partial charge in [0.05, 0.1) is 4.92 Å². The Morgan fingerprint density at radius 2 is 1.87 bits per heavy atom. The largest absolute Gasteiger partial charge is 0.284 e. The molecule has 0 fully saturated rings. The number of halogens is 2. The van der Waals surface area contributed by atoms with Gasteiger partial charge in [-0.2, -0.15) is 0 Å². The smallest absolute Gasteiger partial charge is 0.258 e. The Balaban J connectivity index is 3.66. The van der Waals surface area contributed by atoms with Crippen LogP contribution in [0.1, 0.15) is 0 Å². The van der Waals surface area contributed by atoms with Crippen molar-refractivity contribution in [3.05, 3.63) is 31.2 Å². The number of hydrogen-bond acceptors (Lipinski definition) is 4. The van der Waals surface area contributed by atoms with Crippen molar-refractivity contribution >= 4 is 47.6 Å². The molecule has 0 amide bonds. The molecule has 0 unspecified atom stereocenters. The number of nitrogens with zero attached hydrogens (tertiary/aromatic N) is 1. The molecule has 0 saturated heterocycles. The van der Waals surface area contributed by atoms with E-state index in [4.69, 9.17) is 5.14 Å². The summed E-state index contributed by atoms with van der Waals surface area (Å²) in [5.74, 6) is 0. The van der Waals surface area contributed by atoms with Gasteiger partial charge in [0.25, 0.3) is 5.69 Å². The zero-order valence-electron chi connectivity index (χ0n) is 6.98. The second-order valence-electron chi connectivity index (χ2n) is 2.51. The number of hydrogen-bond donors (Lipinski definition) is 1. The number of sulfonamides is 1. The third-order valence-corrected chi connectivity index (χ3v) is 4.49. The SMILES string of the molecule is NS(=O)(=O)c1c(Br)ccc([N+](=O)[O-])c1Br. The van der Waals surface area contributed by atoms with E-state index in [0.717, 1.165) is 0 Å². The van der Waals surface area contributed by atoms with Crippen molar-refractivity contribution in [2.45, 2.75) is 4.90 Å².